The molecule has 1 saturated heterocycles. The Labute approximate surface area is 223 Å². The predicted molar refractivity (Wildman–Crippen MR) is 142 cm³/mol. The van der Waals surface area contributed by atoms with Crippen molar-refractivity contribution >= 4 is 28.7 Å². The maximum atomic E-state index is 14.1. The van der Waals surface area contributed by atoms with Gasteiger partial charge in [0.15, 0.2) is 17.5 Å². The average molecular weight is 533 g/mol. The molecular weight excluding hydrogens is 503 g/mol. The normalized spacial score (nSPS) is 24.8. The summed E-state index contributed by atoms with van der Waals surface area (Å²) in [6, 6.07) is 6.77. The molecule has 202 valence electrons. The first-order valence-electron chi connectivity index (χ1n) is 13.5. The van der Waals surface area contributed by atoms with E-state index in [1.165, 1.54) is 6.07 Å². The molecule has 10 nitrogen and oxygen atoms in total. The lowest BCUT2D eigenvalue weighted by Crippen LogP contribution is -2.51. The summed E-state index contributed by atoms with van der Waals surface area (Å²) >= 11 is 0. The van der Waals surface area contributed by atoms with E-state index in [0.717, 1.165) is 50.9 Å². The molecule has 4 aromatic rings. The fourth-order valence-electron chi connectivity index (χ4n) is 6.53. The fourth-order valence-corrected chi connectivity index (χ4v) is 6.53. The number of H-pyrrole nitrogens is 1. The van der Waals surface area contributed by atoms with E-state index in [1.807, 2.05) is 12.1 Å². The summed E-state index contributed by atoms with van der Waals surface area (Å²) in [4.78, 5) is 31.2. The molecule has 3 aliphatic carbocycles. The molecule has 2 bridgehead atoms. The highest BCUT2D eigenvalue weighted by Crippen LogP contribution is 2.46. The second kappa shape index (κ2) is 9.64. The van der Waals surface area contributed by atoms with Crippen LogP contribution >= 0.6 is 0 Å². The van der Waals surface area contributed by atoms with Crippen molar-refractivity contribution in [3.8, 4) is 22.8 Å². The number of ether oxygens (including phenoxy) is 1. The standard InChI is InChI=1S/C28H29FN6O4/c29-17-11-18-19(14-31-26(18)30-13-17)27-32-20(21-5-6-23(39-21)35-7-9-38-10-8-35)12-22(34-27)33-25-16-3-1-15(2-4-16)24(25)28(36)37/h5-6,11-16,24-25H,1-4,7-10H2,(H,30,31)(H,36,37)(H,32,33,34). The van der Waals surface area contributed by atoms with E-state index in [9.17, 15) is 14.3 Å². The molecule has 4 aromatic heterocycles. The first-order valence-corrected chi connectivity index (χ1v) is 13.5. The number of carboxylic acid groups (broad SMARTS) is 1. The number of pyridine rings is 1. The molecule has 11 heteroatoms. The number of nitrogens with zero attached hydrogens (tertiary/aromatic N) is 4. The maximum absolute atomic E-state index is 14.1. The van der Waals surface area contributed by atoms with Crippen LogP contribution in [0.1, 0.15) is 25.7 Å². The summed E-state index contributed by atoms with van der Waals surface area (Å²) in [7, 11) is 0. The number of furan rings is 1. The average Bonchev–Trinajstić information content (AvgIpc) is 3.62. The van der Waals surface area contributed by atoms with Crippen LogP contribution in [-0.2, 0) is 9.53 Å². The molecule has 2 atom stereocenters. The van der Waals surface area contributed by atoms with Gasteiger partial charge < -0.3 is 29.5 Å². The third kappa shape index (κ3) is 4.40. The Hall–Kier alpha value is -3.99. The van der Waals surface area contributed by atoms with Gasteiger partial charge in [-0.05, 0) is 49.7 Å². The Balaban J connectivity index is 1.30. The van der Waals surface area contributed by atoms with Crippen LogP contribution in [0.5, 0.6) is 0 Å². The monoisotopic (exact) mass is 532 g/mol. The number of aromatic amines is 1. The minimum absolute atomic E-state index is 0.162. The second-order valence-corrected chi connectivity index (χ2v) is 10.7. The van der Waals surface area contributed by atoms with Crippen molar-refractivity contribution in [1.82, 2.24) is 19.9 Å². The highest BCUT2D eigenvalue weighted by atomic mass is 19.1. The summed E-state index contributed by atoms with van der Waals surface area (Å²) in [6.45, 7) is 2.76. The van der Waals surface area contributed by atoms with Gasteiger partial charge in [0.05, 0.1) is 25.3 Å². The highest BCUT2D eigenvalue weighted by Gasteiger charge is 2.47. The molecule has 1 aliphatic heterocycles. The van der Waals surface area contributed by atoms with Crippen molar-refractivity contribution < 1.29 is 23.4 Å². The molecule has 4 aliphatic rings. The zero-order valence-electron chi connectivity index (χ0n) is 21.3. The van der Waals surface area contributed by atoms with Gasteiger partial charge in [-0.3, -0.25) is 4.79 Å². The highest BCUT2D eigenvalue weighted by molar-refractivity contribution is 5.92. The van der Waals surface area contributed by atoms with E-state index in [0.29, 0.717) is 52.9 Å². The molecule has 0 spiro atoms. The van der Waals surface area contributed by atoms with Gasteiger partial charge in [0.25, 0.3) is 0 Å². The van der Waals surface area contributed by atoms with E-state index >= 15 is 0 Å². The van der Waals surface area contributed by atoms with Crippen LogP contribution in [0.15, 0.2) is 41.1 Å². The van der Waals surface area contributed by atoms with Crippen LogP contribution in [0, 0.1) is 23.6 Å². The maximum Gasteiger partial charge on any atom is 0.308 e. The number of nitrogens with one attached hydrogen (secondary N) is 2. The van der Waals surface area contributed by atoms with Crippen LogP contribution < -0.4 is 10.2 Å². The van der Waals surface area contributed by atoms with Crippen LogP contribution in [0.3, 0.4) is 0 Å². The number of hydrogen-bond acceptors (Lipinski definition) is 8. The molecule has 0 radical (unpaired) electrons. The lowest BCUT2D eigenvalue weighted by atomic mass is 9.61. The summed E-state index contributed by atoms with van der Waals surface area (Å²) in [5.74, 6) is 0.909. The molecule has 0 aromatic carbocycles. The van der Waals surface area contributed by atoms with Crippen LogP contribution in [-0.4, -0.2) is 63.4 Å². The van der Waals surface area contributed by atoms with Crippen LogP contribution in [0.25, 0.3) is 33.9 Å². The lowest BCUT2D eigenvalue weighted by molar-refractivity contribution is -0.148. The van der Waals surface area contributed by atoms with Gasteiger partial charge >= 0.3 is 5.97 Å². The van der Waals surface area contributed by atoms with Gasteiger partial charge in [0, 0.05) is 48.4 Å². The van der Waals surface area contributed by atoms with Crippen LogP contribution in [0.2, 0.25) is 0 Å². The zero-order valence-corrected chi connectivity index (χ0v) is 21.3. The van der Waals surface area contributed by atoms with E-state index in [4.69, 9.17) is 19.1 Å². The Bertz CT molecular complexity index is 1520. The SMILES string of the molecule is O=C(O)C1C2CCC(CC2)C1Nc1cc(-c2ccc(N3CCOCC3)o2)nc(-c2c[nH]c3ncc(F)cc23)n1. The Morgan fingerprint density at radius 2 is 1.90 bits per heavy atom. The Kier molecular flexibility index (Phi) is 5.95. The van der Waals surface area contributed by atoms with E-state index in [1.54, 1.807) is 12.3 Å². The third-order valence-electron chi connectivity index (χ3n) is 8.45. The second-order valence-electron chi connectivity index (χ2n) is 10.7. The molecule has 3 saturated carbocycles. The summed E-state index contributed by atoms with van der Waals surface area (Å²) in [5, 5.41) is 14.1. The molecular formula is C28H29FN6O4. The Morgan fingerprint density at radius 1 is 1.10 bits per heavy atom. The van der Waals surface area contributed by atoms with Crippen LogP contribution in [0.4, 0.5) is 16.1 Å². The number of halogens is 1. The van der Waals surface area contributed by atoms with E-state index < -0.39 is 17.7 Å². The number of rotatable bonds is 6. The van der Waals surface area contributed by atoms with Gasteiger partial charge in [0.2, 0.25) is 0 Å². The van der Waals surface area contributed by atoms with Gasteiger partial charge in [-0.1, -0.05) is 0 Å². The topological polar surface area (TPSA) is 129 Å². The first-order chi connectivity index (χ1) is 19.0. The number of hydrogen-bond donors (Lipinski definition) is 3. The largest absolute Gasteiger partial charge is 0.481 e. The number of aliphatic carboxylic acids is 1. The number of carboxylic acids is 1. The number of fused-ring (bicyclic) bond motifs is 4. The molecule has 8 rings (SSSR count). The third-order valence-corrected chi connectivity index (χ3v) is 8.45. The van der Waals surface area contributed by atoms with Crippen molar-refractivity contribution in [2.75, 3.05) is 36.5 Å². The minimum atomic E-state index is -0.768. The number of aromatic nitrogens is 4. The number of anilines is 2. The van der Waals surface area contributed by atoms with Crippen molar-refractivity contribution in [3.05, 3.63) is 42.5 Å². The quantitative estimate of drug-likeness (QED) is 0.327. The van der Waals surface area contributed by atoms with Crippen molar-refractivity contribution in [2.24, 2.45) is 17.8 Å². The number of carbonyl (C=O) groups is 1. The van der Waals surface area contributed by atoms with E-state index in [-0.39, 0.29) is 17.9 Å². The summed E-state index contributed by atoms with van der Waals surface area (Å²) < 4.78 is 25.8. The van der Waals surface area contributed by atoms with Crippen molar-refractivity contribution in [3.63, 3.8) is 0 Å². The molecule has 0 amide bonds. The zero-order chi connectivity index (χ0) is 26.5. The van der Waals surface area contributed by atoms with E-state index in [2.05, 4.69) is 20.2 Å². The smallest absolute Gasteiger partial charge is 0.308 e. The van der Waals surface area contributed by atoms with Gasteiger partial charge in [-0.15, -0.1) is 0 Å². The Morgan fingerprint density at radius 3 is 2.69 bits per heavy atom. The molecule has 2 unspecified atom stereocenters. The van der Waals surface area contributed by atoms with Gasteiger partial charge in [-0.25, -0.2) is 19.3 Å². The van der Waals surface area contributed by atoms with Crippen molar-refractivity contribution in [1.29, 1.82) is 0 Å². The summed E-state index contributed by atoms with van der Waals surface area (Å²) in [6.07, 6.45) is 6.78. The fraction of sp³-hybridized carbons (Fsp3) is 0.429. The minimum Gasteiger partial charge on any atom is -0.481 e. The predicted octanol–water partition coefficient (Wildman–Crippen LogP) is 4.56. The summed E-state index contributed by atoms with van der Waals surface area (Å²) in [5.41, 5.74) is 1.67. The molecule has 4 fully saturated rings. The number of morpholine rings is 1. The molecule has 5 heterocycles. The van der Waals surface area contributed by atoms with Gasteiger partial charge in [-0.2, -0.15) is 0 Å². The van der Waals surface area contributed by atoms with Crippen molar-refractivity contribution in [2.45, 2.75) is 31.7 Å². The first kappa shape index (κ1) is 24.1. The molecule has 39 heavy (non-hydrogen) atoms. The molecule has 3 N–H and O–H groups in total. The lowest BCUT2D eigenvalue weighted by Gasteiger charge is -2.47. The van der Waals surface area contributed by atoms with Gasteiger partial charge in [0.1, 0.15) is 23.0 Å².